The number of allylic oxidation sites excluding steroid dienone is 4. The van der Waals surface area contributed by atoms with Gasteiger partial charge in [-0.15, -0.1) is 0 Å². The molecule has 0 amide bonds. The SMILES string of the molecule is CCC[Si](C)(C)C1=CC=CC1. The molecule has 0 atom stereocenters. The Bertz CT molecular complexity index is 187. The van der Waals surface area contributed by atoms with Crippen molar-refractivity contribution in [2.45, 2.75) is 38.9 Å². The second kappa shape index (κ2) is 3.40. The molecule has 0 aromatic heterocycles. The van der Waals surface area contributed by atoms with E-state index in [0.717, 1.165) is 0 Å². The zero-order valence-corrected chi connectivity index (χ0v) is 8.85. The van der Waals surface area contributed by atoms with Crippen LogP contribution in [-0.2, 0) is 0 Å². The third-order valence-electron chi connectivity index (χ3n) is 2.52. The average Bonchev–Trinajstić information content (AvgIpc) is 2.37. The fourth-order valence-corrected chi connectivity index (χ4v) is 4.52. The van der Waals surface area contributed by atoms with Gasteiger partial charge < -0.3 is 0 Å². The van der Waals surface area contributed by atoms with Crippen molar-refractivity contribution < 1.29 is 0 Å². The standard InChI is InChI=1S/C10H18Si/c1-4-9-11(2,3)10-7-5-6-8-10/h5-7H,4,8-9H2,1-3H3. The Kier molecular flexibility index (Phi) is 2.71. The van der Waals surface area contributed by atoms with Crippen LogP contribution in [0.1, 0.15) is 19.8 Å². The Morgan fingerprint density at radius 2 is 2.18 bits per heavy atom. The van der Waals surface area contributed by atoms with Gasteiger partial charge in [0.2, 0.25) is 0 Å². The molecule has 1 heteroatoms. The van der Waals surface area contributed by atoms with Crippen LogP contribution in [0.25, 0.3) is 0 Å². The molecule has 0 fully saturated rings. The summed E-state index contributed by atoms with van der Waals surface area (Å²) in [5.41, 5.74) is 0. The van der Waals surface area contributed by atoms with Crippen molar-refractivity contribution in [3.8, 4) is 0 Å². The number of hydrogen-bond acceptors (Lipinski definition) is 0. The van der Waals surface area contributed by atoms with E-state index >= 15 is 0 Å². The predicted octanol–water partition coefficient (Wildman–Crippen LogP) is 3.53. The lowest BCUT2D eigenvalue weighted by Crippen LogP contribution is -2.27. The summed E-state index contributed by atoms with van der Waals surface area (Å²) in [6, 6.07) is 1.44. The van der Waals surface area contributed by atoms with Gasteiger partial charge in [-0.2, -0.15) is 0 Å². The molecule has 0 aromatic carbocycles. The van der Waals surface area contributed by atoms with E-state index in [9.17, 15) is 0 Å². The Morgan fingerprint density at radius 1 is 1.45 bits per heavy atom. The smallest absolute Gasteiger partial charge is 0.0758 e. The molecule has 0 aromatic rings. The Balaban J connectivity index is 2.57. The van der Waals surface area contributed by atoms with Crippen molar-refractivity contribution in [3.63, 3.8) is 0 Å². The van der Waals surface area contributed by atoms with Crippen LogP contribution in [0.15, 0.2) is 23.4 Å². The fraction of sp³-hybridized carbons (Fsp3) is 0.600. The molecule has 1 aliphatic carbocycles. The lowest BCUT2D eigenvalue weighted by molar-refractivity contribution is 1.04. The Hall–Kier alpha value is -0.303. The van der Waals surface area contributed by atoms with Gasteiger partial charge in [-0.3, -0.25) is 0 Å². The van der Waals surface area contributed by atoms with E-state index in [2.05, 4.69) is 38.2 Å². The summed E-state index contributed by atoms with van der Waals surface area (Å²) in [5.74, 6) is 0. The molecule has 1 aliphatic rings. The maximum absolute atomic E-state index is 2.48. The van der Waals surface area contributed by atoms with Gasteiger partial charge in [-0.25, -0.2) is 0 Å². The van der Waals surface area contributed by atoms with Gasteiger partial charge in [0.15, 0.2) is 0 Å². The van der Waals surface area contributed by atoms with Crippen LogP contribution in [0.2, 0.25) is 19.1 Å². The van der Waals surface area contributed by atoms with E-state index in [1.54, 1.807) is 5.20 Å². The molecule has 0 aliphatic heterocycles. The monoisotopic (exact) mass is 166 g/mol. The van der Waals surface area contributed by atoms with Crippen LogP contribution < -0.4 is 0 Å². The topological polar surface area (TPSA) is 0 Å². The van der Waals surface area contributed by atoms with E-state index in [1.807, 2.05) is 0 Å². The zero-order valence-electron chi connectivity index (χ0n) is 7.85. The number of rotatable bonds is 3. The molecule has 0 nitrogen and oxygen atoms in total. The molecule has 0 saturated carbocycles. The highest BCUT2D eigenvalue weighted by molar-refractivity contribution is 6.84. The maximum atomic E-state index is 2.48. The molecule has 0 spiro atoms. The summed E-state index contributed by atoms with van der Waals surface area (Å²) >= 11 is 0. The van der Waals surface area contributed by atoms with E-state index < -0.39 is 8.07 Å². The molecule has 0 bridgehead atoms. The Morgan fingerprint density at radius 3 is 2.64 bits per heavy atom. The highest BCUT2D eigenvalue weighted by Crippen LogP contribution is 2.27. The van der Waals surface area contributed by atoms with E-state index in [4.69, 9.17) is 0 Å². The summed E-state index contributed by atoms with van der Waals surface area (Å²) in [6.07, 6.45) is 9.40. The average molecular weight is 166 g/mol. The van der Waals surface area contributed by atoms with Crippen molar-refractivity contribution in [1.29, 1.82) is 0 Å². The summed E-state index contributed by atoms with van der Waals surface area (Å²) in [5, 5.41) is 1.74. The summed E-state index contributed by atoms with van der Waals surface area (Å²) in [4.78, 5) is 0. The van der Waals surface area contributed by atoms with Crippen molar-refractivity contribution in [2.75, 3.05) is 0 Å². The molecular weight excluding hydrogens is 148 g/mol. The van der Waals surface area contributed by atoms with Crippen LogP contribution >= 0.6 is 0 Å². The van der Waals surface area contributed by atoms with Gasteiger partial charge in [-0.1, -0.05) is 55.9 Å². The molecular formula is C10H18Si. The maximum Gasteiger partial charge on any atom is 0.0758 e. The summed E-state index contributed by atoms with van der Waals surface area (Å²) in [7, 11) is -0.972. The molecule has 62 valence electrons. The van der Waals surface area contributed by atoms with Gasteiger partial charge in [0.05, 0.1) is 8.07 Å². The molecule has 0 saturated heterocycles. The lowest BCUT2D eigenvalue weighted by atomic mass is 10.5. The minimum absolute atomic E-state index is 0.972. The number of hydrogen-bond donors (Lipinski definition) is 0. The second-order valence-corrected chi connectivity index (χ2v) is 8.87. The third kappa shape index (κ3) is 2.06. The van der Waals surface area contributed by atoms with E-state index in [0.29, 0.717) is 0 Å². The molecule has 0 radical (unpaired) electrons. The van der Waals surface area contributed by atoms with Crippen molar-refractivity contribution >= 4 is 8.07 Å². The molecule has 11 heavy (non-hydrogen) atoms. The van der Waals surface area contributed by atoms with Gasteiger partial charge in [0.25, 0.3) is 0 Å². The second-order valence-electron chi connectivity index (χ2n) is 3.96. The minimum atomic E-state index is -0.972. The van der Waals surface area contributed by atoms with E-state index in [1.165, 1.54) is 18.9 Å². The quantitative estimate of drug-likeness (QED) is 0.563. The first kappa shape index (κ1) is 8.79. The van der Waals surface area contributed by atoms with Crippen LogP contribution in [0, 0.1) is 0 Å². The van der Waals surface area contributed by atoms with Gasteiger partial charge in [-0.05, 0) is 6.42 Å². The summed E-state index contributed by atoms with van der Waals surface area (Å²) in [6.45, 7) is 7.25. The zero-order chi connectivity index (χ0) is 8.32. The van der Waals surface area contributed by atoms with Crippen LogP contribution in [0.3, 0.4) is 0 Å². The predicted molar refractivity (Wildman–Crippen MR) is 54.4 cm³/mol. The highest BCUT2D eigenvalue weighted by atomic mass is 28.3. The lowest BCUT2D eigenvalue weighted by Gasteiger charge is -2.23. The van der Waals surface area contributed by atoms with E-state index in [-0.39, 0.29) is 0 Å². The molecule has 1 rings (SSSR count). The normalized spacial score (nSPS) is 17.2. The van der Waals surface area contributed by atoms with Gasteiger partial charge >= 0.3 is 0 Å². The molecule has 0 heterocycles. The highest BCUT2D eigenvalue weighted by Gasteiger charge is 2.24. The first-order valence-electron chi connectivity index (χ1n) is 4.53. The fourth-order valence-electron chi connectivity index (χ4n) is 1.73. The third-order valence-corrected chi connectivity index (χ3v) is 6.37. The van der Waals surface area contributed by atoms with Crippen LogP contribution in [-0.4, -0.2) is 8.07 Å². The summed E-state index contributed by atoms with van der Waals surface area (Å²) < 4.78 is 0. The van der Waals surface area contributed by atoms with Gasteiger partial charge in [0, 0.05) is 0 Å². The Labute approximate surface area is 71.0 Å². The minimum Gasteiger partial charge on any atom is -0.0809 e. The largest absolute Gasteiger partial charge is 0.0809 e. The van der Waals surface area contributed by atoms with Crippen LogP contribution in [0.4, 0.5) is 0 Å². The van der Waals surface area contributed by atoms with Crippen LogP contribution in [0.5, 0.6) is 0 Å². The van der Waals surface area contributed by atoms with Gasteiger partial charge in [0.1, 0.15) is 0 Å². The van der Waals surface area contributed by atoms with Crippen molar-refractivity contribution in [3.05, 3.63) is 23.4 Å². The first-order valence-corrected chi connectivity index (χ1v) is 7.73. The molecule has 0 N–H and O–H groups in total. The first-order chi connectivity index (χ1) is 5.17. The molecule has 0 unspecified atom stereocenters. The van der Waals surface area contributed by atoms with Crippen molar-refractivity contribution in [2.24, 2.45) is 0 Å². The van der Waals surface area contributed by atoms with Crippen molar-refractivity contribution in [1.82, 2.24) is 0 Å².